The molecule has 1 amide bonds. The lowest BCUT2D eigenvalue weighted by Gasteiger charge is -2.41. The first-order chi connectivity index (χ1) is 12.5. The molecule has 26 heavy (non-hydrogen) atoms. The van der Waals surface area contributed by atoms with E-state index in [0.29, 0.717) is 24.6 Å². The number of aryl methyl sites for hydroxylation is 1. The minimum Gasteiger partial charge on any atom is -0.386 e. The molecule has 1 aliphatic rings. The van der Waals surface area contributed by atoms with Gasteiger partial charge in [0.1, 0.15) is 5.69 Å². The highest BCUT2D eigenvalue weighted by Gasteiger charge is 2.36. The van der Waals surface area contributed by atoms with Crippen molar-refractivity contribution in [2.75, 3.05) is 31.6 Å². The van der Waals surface area contributed by atoms with E-state index >= 15 is 0 Å². The molecule has 1 atom stereocenters. The Balaban J connectivity index is 1.65. The van der Waals surface area contributed by atoms with Crippen molar-refractivity contribution in [3.8, 4) is 0 Å². The smallest absolute Gasteiger partial charge is 0.274 e. The molecule has 8 nitrogen and oxygen atoms in total. The number of nitrogens with zero attached hydrogens (tertiary/aromatic N) is 6. The molecule has 0 aliphatic carbocycles. The van der Waals surface area contributed by atoms with Gasteiger partial charge in [0, 0.05) is 38.7 Å². The summed E-state index contributed by atoms with van der Waals surface area (Å²) in [5.74, 6) is 0.430. The molecule has 2 aromatic rings. The Labute approximate surface area is 153 Å². The Morgan fingerprint density at radius 2 is 2.15 bits per heavy atom. The van der Waals surface area contributed by atoms with Crippen LogP contribution in [0.2, 0.25) is 0 Å². The minimum absolute atomic E-state index is 0.179. The fourth-order valence-corrected chi connectivity index (χ4v) is 3.40. The van der Waals surface area contributed by atoms with Crippen molar-refractivity contribution in [3.63, 3.8) is 0 Å². The van der Waals surface area contributed by atoms with Crippen LogP contribution >= 0.6 is 0 Å². The SMILES string of the molecule is CCCn1ccc(C(=O)N(C)C[C@@]2(O)CCCN(c3ncccn3)C2)n1. The maximum Gasteiger partial charge on any atom is 0.274 e. The molecule has 3 rings (SSSR count). The quantitative estimate of drug-likeness (QED) is 0.834. The number of amides is 1. The fraction of sp³-hybridized carbons (Fsp3) is 0.556. The summed E-state index contributed by atoms with van der Waals surface area (Å²) in [6, 6.07) is 3.49. The predicted molar refractivity (Wildman–Crippen MR) is 97.9 cm³/mol. The Bertz CT molecular complexity index is 734. The number of rotatable bonds is 6. The van der Waals surface area contributed by atoms with E-state index in [1.165, 1.54) is 0 Å². The molecule has 0 bridgehead atoms. The summed E-state index contributed by atoms with van der Waals surface area (Å²) in [4.78, 5) is 24.7. The fourth-order valence-electron chi connectivity index (χ4n) is 3.40. The molecule has 0 aromatic carbocycles. The predicted octanol–water partition coefficient (Wildman–Crippen LogP) is 1.19. The molecule has 1 N–H and O–H groups in total. The standard InChI is InChI=1S/C18H26N6O2/c1-3-10-24-12-6-15(21-24)16(25)22(2)13-18(26)7-4-11-23(14-18)17-19-8-5-9-20-17/h5-6,8-9,12,26H,3-4,7,10-11,13-14H2,1-2H3/t18-/m0/s1. The molecule has 1 aliphatic heterocycles. The van der Waals surface area contributed by atoms with Crippen molar-refractivity contribution in [1.82, 2.24) is 24.6 Å². The minimum atomic E-state index is -0.992. The number of hydrogen-bond acceptors (Lipinski definition) is 6. The Morgan fingerprint density at radius 1 is 1.38 bits per heavy atom. The van der Waals surface area contributed by atoms with Gasteiger partial charge < -0.3 is 14.9 Å². The molecule has 140 valence electrons. The highest BCUT2D eigenvalue weighted by molar-refractivity contribution is 5.92. The van der Waals surface area contributed by atoms with E-state index in [9.17, 15) is 9.90 Å². The summed E-state index contributed by atoms with van der Waals surface area (Å²) >= 11 is 0. The van der Waals surface area contributed by atoms with Gasteiger partial charge in [0.25, 0.3) is 5.91 Å². The van der Waals surface area contributed by atoms with E-state index in [4.69, 9.17) is 0 Å². The van der Waals surface area contributed by atoms with Crippen LogP contribution in [-0.4, -0.2) is 67.9 Å². The molecule has 8 heteroatoms. The van der Waals surface area contributed by atoms with E-state index in [1.54, 1.807) is 41.2 Å². The number of likely N-dealkylation sites (N-methyl/N-ethyl adjacent to an activating group) is 1. The van der Waals surface area contributed by atoms with Crippen LogP contribution < -0.4 is 4.90 Å². The molecular formula is C18H26N6O2. The van der Waals surface area contributed by atoms with Crippen LogP contribution in [0, 0.1) is 0 Å². The summed E-state index contributed by atoms with van der Waals surface area (Å²) < 4.78 is 1.77. The zero-order valence-electron chi connectivity index (χ0n) is 15.4. The summed E-state index contributed by atoms with van der Waals surface area (Å²) in [7, 11) is 1.71. The summed E-state index contributed by atoms with van der Waals surface area (Å²) in [5, 5.41) is 15.4. The van der Waals surface area contributed by atoms with Crippen LogP contribution in [0.25, 0.3) is 0 Å². The Morgan fingerprint density at radius 3 is 2.88 bits per heavy atom. The zero-order valence-corrected chi connectivity index (χ0v) is 15.4. The second-order valence-corrected chi connectivity index (χ2v) is 6.92. The molecule has 0 radical (unpaired) electrons. The lowest BCUT2D eigenvalue weighted by atomic mass is 9.92. The number of hydrogen-bond donors (Lipinski definition) is 1. The van der Waals surface area contributed by atoms with Crippen molar-refractivity contribution in [3.05, 3.63) is 36.4 Å². The van der Waals surface area contributed by atoms with Crippen LogP contribution in [0.5, 0.6) is 0 Å². The van der Waals surface area contributed by atoms with Crippen LogP contribution in [0.1, 0.15) is 36.7 Å². The van der Waals surface area contributed by atoms with Gasteiger partial charge in [0.05, 0.1) is 18.7 Å². The summed E-state index contributed by atoms with van der Waals surface area (Å²) in [5.41, 5.74) is -0.586. The van der Waals surface area contributed by atoms with Gasteiger partial charge in [-0.2, -0.15) is 5.10 Å². The van der Waals surface area contributed by atoms with Gasteiger partial charge in [-0.25, -0.2) is 9.97 Å². The van der Waals surface area contributed by atoms with Gasteiger partial charge in [0.2, 0.25) is 5.95 Å². The van der Waals surface area contributed by atoms with Crippen molar-refractivity contribution in [1.29, 1.82) is 0 Å². The monoisotopic (exact) mass is 358 g/mol. The largest absolute Gasteiger partial charge is 0.386 e. The van der Waals surface area contributed by atoms with Crippen LogP contribution in [-0.2, 0) is 6.54 Å². The average Bonchev–Trinajstić information content (AvgIpc) is 3.10. The molecule has 0 saturated carbocycles. The first-order valence-corrected chi connectivity index (χ1v) is 9.04. The molecule has 2 aromatic heterocycles. The highest BCUT2D eigenvalue weighted by Crippen LogP contribution is 2.24. The first-order valence-electron chi connectivity index (χ1n) is 9.04. The number of anilines is 1. The number of β-amino-alcohol motifs (C(OH)–C–C–N with tert-alkyl or cyclic N) is 1. The third kappa shape index (κ3) is 4.19. The molecule has 0 unspecified atom stereocenters. The van der Waals surface area contributed by atoms with E-state index in [2.05, 4.69) is 22.0 Å². The van der Waals surface area contributed by atoms with Gasteiger partial charge in [-0.05, 0) is 31.4 Å². The third-order valence-electron chi connectivity index (χ3n) is 4.58. The van der Waals surface area contributed by atoms with Crippen LogP contribution in [0.3, 0.4) is 0 Å². The van der Waals surface area contributed by atoms with Crippen molar-refractivity contribution in [2.24, 2.45) is 0 Å². The molecule has 3 heterocycles. The van der Waals surface area contributed by atoms with Crippen molar-refractivity contribution < 1.29 is 9.90 Å². The maximum atomic E-state index is 12.6. The second kappa shape index (κ2) is 7.82. The van der Waals surface area contributed by atoms with E-state index in [-0.39, 0.29) is 12.5 Å². The first kappa shape index (κ1) is 18.3. The number of piperidine rings is 1. The highest BCUT2D eigenvalue weighted by atomic mass is 16.3. The van der Waals surface area contributed by atoms with E-state index in [1.807, 2.05) is 11.1 Å². The molecule has 0 spiro atoms. The van der Waals surface area contributed by atoms with Crippen LogP contribution in [0.4, 0.5) is 5.95 Å². The van der Waals surface area contributed by atoms with Gasteiger partial charge in [-0.3, -0.25) is 9.48 Å². The van der Waals surface area contributed by atoms with E-state index in [0.717, 1.165) is 25.9 Å². The average molecular weight is 358 g/mol. The molecular weight excluding hydrogens is 332 g/mol. The van der Waals surface area contributed by atoms with E-state index < -0.39 is 5.60 Å². The second-order valence-electron chi connectivity index (χ2n) is 6.92. The lowest BCUT2D eigenvalue weighted by molar-refractivity contribution is -0.000460. The van der Waals surface area contributed by atoms with Crippen molar-refractivity contribution >= 4 is 11.9 Å². The van der Waals surface area contributed by atoms with Gasteiger partial charge in [-0.1, -0.05) is 6.92 Å². The summed E-state index contributed by atoms with van der Waals surface area (Å²) in [6.07, 6.45) is 7.62. The Kier molecular flexibility index (Phi) is 5.51. The Hall–Kier alpha value is -2.48. The van der Waals surface area contributed by atoms with Gasteiger partial charge in [-0.15, -0.1) is 0 Å². The van der Waals surface area contributed by atoms with Gasteiger partial charge in [0.15, 0.2) is 0 Å². The lowest BCUT2D eigenvalue weighted by Crippen LogP contribution is -2.55. The molecule has 1 fully saturated rings. The normalized spacial score (nSPS) is 20.2. The number of carbonyl (C=O) groups is 1. The number of aliphatic hydroxyl groups is 1. The topological polar surface area (TPSA) is 87.4 Å². The molecule has 1 saturated heterocycles. The van der Waals surface area contributed by atoms with Crippen LogP contribution in [0.15, 0.2) is 30.7 Å². The zero-order chi connectivity index (χ0) is 18.6. The number of aromatic nitrogens is 4. The van der Waals surface area contributed by atoms with Gasteiger partial charge >= 0.3 is 0 Å². The summed E-state index contributed by atoms with van der Waals surface area (Å²) in [6.45, 7) is 4.29. The van der Waals surface area contributed by atoms with Crippen molar-refractivity contribution in [2.45, 2.75) is 38.3 Å². The maximum absolute atomic E-state index is 12.6. The number of carbonyl (C=O) groups excluding carboxylic acids is 1. The third-order valence-corrected chi connectivity index (χ3v) is 4.58.